The fourth-order valence-electron chi connectivity index (χ4n) is 1.14. The average molecular weight is 227 g/mol. The van der Waals surface area contributed by atoms with Crippen molar-refractivity contribution in [3.8, 4) is 0 Å². The lowest BCUT2D eigenvalue weighted by atomic mass is 9.97. The van der Waals surface area contributed by atoms with Crippen molar-refractivity contribution in [2.24, 2.45) is 0 Å². The van der Waals surface area contributed by atoms with Gasteiger partial charge >= 0.3 is 12.1 Å². The molecular formula is C8H12F3NO3. The Bertz CT molecular complexity index is 238. The fourth-order valence-corrected chi connectivity index (χ4v) is 1.14. The molecule has 1 heterocycles. The van der Waals surface area contributed by atoms with E-state index in [-0.39, 0.29) is 19.7 Å². The molecular weight excluding hydrogens is 215 g/mol. The summed E-state index contributed by atoms with van der Waals surface area (Å²) in [6.07, 6.45) is -4.44. The van der Waals surface area contributed by atoms with Gasteiger partial charge in [-0.25, -0.2) is 4.79 Å². The Morgan fingerprint density at radius 2 is 2.07 bits per heavy atom. The third-order valence-electron chi connectivity index (χ3n) is 1.98. The lowest BCUT2D eigenvalue weighted by Crippen LogP contribution is -2.66. The van der Waals surface area contributed by atoms with Crippen LogP contribution in [0.25, 0.3) is 0 Å². The number of halogens is 3. The minimum Gasteiger partial charge on any atom is -0.464 e. The Hall–Kier alpha value is -0.820. The quantitative estimate of drug-likeness (QED) is 0.709. The summed E-state index contributed by atoms with van der Waals surface area (Å²) in [5, 5.41) is 2.68. The number of rotatable bonds is 4. The maximum atomic E-state index is 11.9. The molecule has 88 valence electrons. The topological polar surface area (TPSA) is 47.6 Å². The molecule has 0 aromatic heterocycles. The average Bonchev–Trinajstić information content (AvgIpc) is 2.00. The van der Waals surface area contributed by atoms with Gasteiger partial charge in [-0.05, 0) is 6.92 Å². The van der Waals surface area contributed by atoms with Gasteiger partial charge in [0.15, 0.2) is 5.60 Å². The van der Waals surface area contributed by atoms with Gasteiger partial charge in [-0.1, -0.05) is 0 Å². The van der Waals surface area contributed by atoms with Gasteiger partial charge in [0.1, 0.15) is 6.61 Å². The molecule has 1 fully saturated rings. The van der Waals surface area contributed by atoms with Gasteiger partial charge < -0.3 is 14.8 Å². The molecule has 0 bridgehead atoms. The van der Waals surface area contributed by atoms with Crippen molar-refractivity contribution >= 4 is 5.97 Å². The van der Waals surface area contributed by atoms with Crippen LogP contribution in [0.2, 0.25) is 0 Å². The van der Waals surface area contributed by atoms with E-state index in [4.69, 9.17) is 0 Å². The smallest absolute Gasteiger partial charge is 0.411 e. The molecule has 0 aromatic rings. The van der Waals surface area contributed by atoms with Crippen LogP contribution in [-0.2, 0) is 14.3 Å². The monoisotopic (exact) mass is 227 g/mol. The first kappa shape index (κ1) is 12.3. The van der Waals surface area contributed by atoms with Crippen LogP contribution in [0, 0.1) is 0 Å². The summed E-state index contributed by atoms with van der Waals surface area (Å²) in [6, 6.07) is 0. The summed E-state index contributed by atoms with van der Waals surface area (Å²) in [6.45, 7) is 0.384. The summed E-state index contributed by atoms with van der Waals surface area (Å²) in [4.78, 5) is 11.3. The van der Waals surface area contributed by atoms with Crippen molar-refractivity contribution in [2.75, 3.05) is 26.3 Å². The van der Waals surface area contributed by atoms with Crippen LogP contribution in [0.15, 0.2) is 0 Å². The lowest BCUT2D eigenvalue weighted by molar-refractivity contribution is -0.223. The first-order valence-corrected chi connectivity index (χ1v) is 4.48. The first-order chi connectivity index (χ1) is 6.90. The Labute approximate surface area is 84.7 Å². The van der Waals surface area contributed by atoms with Crippen LogP contribution < -0.4 is 5.32 Å². The van der Waals surface area contributed by atoms with E-state index in [1.165, 1.54) is 0 Å². The van der Waals surface area contributed by atoms with Gasteiger partial charge in [-0.3, -0.25) is 0 Å². The maximum Gasteiger partial charge on any atom is 0.411 e. The molecule has 4 nitrogen and oxygen atoms in total. The summed E-state index contributed by atoms with van der Waals surface area (Å²) < 4.78 is 44.9. The van der Waals surface area contributed by atoms with E-state index in [1.54, 1.807) is 6.92 Å². The molecule has 1 rings (SSSR count). The van der Waals surface area contributed by atoms with Gasteiger partial charge in [0.25, 0.3) is 0 Å². The van der Waals surface area contributed by atoms with E-state index in [0.29, 0.717) is 0 Å². The fraction of sp³-hybridized carbons (Fsp3) is 0.875. The Morgan fingerprint density at radius 3 is 2.40 bits per heavy atom. The van der Waals surface area contributed by atoms with Gasteiger partial charge in [0.2, 0.25) is 0 Å². The predicted molar refractivity (Wildman–Crippen MR) is 44.2 cm³/mol. The number of nitrogens with one attached hydrogen (secondary N) is 1. The van der Waals surface area contributed by atoms with Crippen molar-refractivity contribution in [3.05, 3.63) is 0 Å². The largest absolute Gasteiger partial charge is 0.464 e. The molecule has 0 aliphatic carbocycles. The molecule has 0 atom stereocenters. The molecule has 0 spiro atoms. The second kappa shape index (κ2) is 4.36. The van der Waals surface area contributed by atoms with Crippen LogP contribution in [-0.4, -0.2) is 44.0 Å². The standard InChI is InChI=1S/C8H12F3NO3/c1-2-14-6(13)7(3-12-4-7)15-5-8(9,10)11/h12H,2-5H2,1H3. The zero-order valence-electron chi connectivity index (χ0n) is 8.19. The Balaban J connectivity index is 2.50. The molecule has 1 N–H and O–H groups in total. The zero-order valence-corrected chi connectivity index (χ0v) is 8.19. The number of carbonyl (C=O) groups excluding carboxylic acids is 1. The van der Waals surface area contributed by atoms with E-state index >= 15 is 0 Å². The molecule has 0 aromatic carbocycles. The van der Waals surface area contributed by atoms with Crippen molar-refractivity contribution in [1.29, 1.82) is 0 Å². The number of carbonyl (C=O) groups is 1. The van der Waals surface area contributed by atoms with Crippen LogP contribution in [0.1, 0.15) is 6.92 Å². The van der Waals surface area contributed by atoms with Crippen LogP contribution in [0.3, 0.4) is 0 Å². The van der Waals surface area contributed by atoms with Crippen molar-refractivity contribution in [1.82, 2.24) is 5.32 Å². The van der Waals surface area contributed by atoms with E-state index in [2.05, 4.69) is 14.8 Å². The molecule has 0 unspecified atom stereocenters. The minimum atomic E-state index is -4.44. The second-order valence-corrected chi connectivity index (χ2v) is 3.22. The number of esters is 1. The molecule has 0 saturated carbocycles. The summed E-state index contributed by atoms with van der Waals surface area (Å²) in [5.41, 5.74) is -1.45. The van der Waals surface area contributed by atoms with Gasteiger partial charge in [0, 0.05) is 13.1 Å². The first-order valence-electron chi connectivity index (χ1n) is 4.48. The van der Waals surface area contributed by atoms with E-state index in [9.17, 15) is 18.0 Å². The highest BCUT2D eigenvalue weighted by atomic mass is 19.4. The van der Waals surface area contributed by atoms with E-state index < -0.39 is 24.4 Å². The second-order valence-electron chi connectivity index (χ2n) is 3.22. The molecule has 0 amide bonds. The molecule has 1 saturated heterocycles. The van der Waals surface area contributed by atoms with Crippen LogP contribution >= 0.6 is 0 Å². The van der Waals surface area contributed by atoms with E-state index in [1.807, 2.05) is 0 Å². The normalized spacial score (nSPS) is 19.5. The number of alkyl halides is 3. The van der Waals surface area contributed by atoms with Gasteiger partial charge in [0.05, 0.1) is 6.61 Å². The molecule has 7 heteroatoms. The molecule has 1 aliphatic heterocycles. The Kier molecular flexibility index (Phi) is 3.56. The van der Waals surface area contributed by atoms with Crippen molar-refractivity contribution in [2.45, 2.75) is 18.7 Å². The highest BCUT2D eigenvalue weighted by Crippen LogP contribution is 2.23. The van der Waals surface area contributed by atoms with Crippen molar-refractivity contribution in [3.63, 3.8) is 0 Å². The minimum absolute atomic E-state index is 0.0575. The van der Waals surface area contributed by atoms with Gasteiger partial charge in [-0.2, -0.15) is 13.2 Å². The SMILES string of the molecule is CCOC(=O)C1(OCC(F)(F)F)CNC1. The summed E-state index contributed by atoms with van der Waals surface area (Å²) in [5.74, 6) is -0.743. The molecule has 1 aliphatic rings. The lowest BCUT2D eigenvalue weighted by Gasteiger charge is -2.39. The number of hydrogen-bond acceptors (Lipinski definition) is 4. The predicted octanol–water partition coefficient (Wildman–Crippen LogP) is 0.470. The zero-order chi connectivity index (χ0) is 11.5. The van der Waals surface area contributed by atoms with E-state index in [0.717, 1.165) is 0 Å². The summed E-state index contributed by atoms with van der Waals surface area (Å²) in [7, 11) is 0. The summed E-state index contributed by atoms with van der Waals surface area (Å²) >= 11 is 0. The third-order valence-corrected chi connectivity index (χ3v) is 1.98. The van der Waals surface area contributed by atoms with Crippen LogP contribution in [0.4, 0.5) is 13.2 Å². The number of ether oxygens (including phenoxy) is 2. The highest BCUT2D eigenvalue weighted by molar-refractivity contribution is 5.81. The molecule has 15 heavy (non-hydrogen) atoms. The third kappa shape index (κ3) is 3.07. The van der Waals surface area contributed by atoms with Crippen molar-refractivity contribution < 1.29 is 27.4 Å². The Morgan fingerprint density at radius 1 is 1.47 bits per heavy atom. The number of hydrogen-bond donors (Lipinski definition) is 1. The molecule has 0 radical (unpaired) electrons. The highest BCUT2D eigenvalue weighted by Gasteiger charge is 2.49. The maximum absolute atomic E-state index is 11.9. The van der Waals surface area contributed by atoms with Gasteiger partial charge in [-0.15, -0.1) is 0 Å². The van der Waals surface area contributed by atoms with Crippen LogP contribution in [0.5, 0.6) is 0 Å².